The molecule has 0 saturated heterocycles. The van der Waals surface area contributed by atoms with Gasteiger partial charge in [0.1, 0.15) is 5.75 Å². The van der Waals surface area contributed by atoms with Crippen molar-refractivity contribution in [1.29, 1.82) is 0 Å². The molecule has 0 aromatic heterocycles. The zero-order valence-corrected chi connectivity index (χ0v) is 13.2. The van der Waals surface area contributed by atoms with Gasteiger partial charge in [0.05, 0.1) is 13.7 Å². The van der Waals surface area contributed by atoms with Gasteiger partial charge in [-0.05, 0) is 36.9 Å². The number of hydrogen-bond acceptors (Lipinski definition) is 3. The SMILES string of the molecule is CCCCC(CNCCOC)Cc1ccccc1OC. The van der Waals surface area contributed by atoms with Crippen molar-refractivity contribution in [3.63, 3.8) is 0 Å². The maximum absolute atomic E-state index is 5.45. The Morgan fingerprint density at radius 3 is 2.70 bits per heavy atom. The molecule has 114 valence electrons. The third-order valence-corrected chi connectivity index (χ3v) is 3.58. The minimum Gasteiger partial charge on any atom is -0.496 e. The first kappa shape index (κ1) is 17.0. The molecule has 20 heavy (non-hydrogen) atoms. The van der Waals surface area contributed by atoms with Crippen LogP contribution in [-0.2, 0) is 11.2 Å². The van der Waals surface area contributed by atoms with Gasteiger partial charge in [0, 0.05) is 13.7 Å². The number of hydrogen-bond donors (Lipinski definition) is 1. The zero-order chi connectivity index (χ0) is 14.6. The quantitative estimate of drug-likeness (QED) is 0.631. The topological polar surface area (TPSA) is 30.5 Å². The Kier molecular flexibility index (Phi) is 9.09. The molecular formula is C17H29NO2. The first-order chi connectivity index (χ1) is 9.81. The van der Waals surface area contributed by atoms with E-state index in [0.717, 1.165) is 31.9 Å². The van der Waals surface area contributed by atoms with Gasteiger partial charge in [-0.3, -0.25) is 0 Å². The Labute approximate surface area is 123 Å². The third-order valence-electron chi connectivity index (χ3n) is 3.58. The van der Waals surface area contributed by atoms with Gasteiger partial charge in [-0.15, -0.1) is 0 Å². The summed E-state index contributed by atoms with van der Waals surface area (Å²) in [6.07, 6.45) is 4.87. The molecule has 0 aliphatic heterocycles. The Bertz CT molecular complexity index is 355. The molecule has 1 N–H and O–H groups in total. The average Bonchev–Trinajstić information content (AvgIpc) is 2.49. The molecule has 1 rings (SSSR count). The van der Waals surface area contributed by atoms with Crippen LogP contribution in [0.3, 0.4) is 0 Å². The number of unbranched alkanes of at least 4 members (excludes halogenated alkanes) is 1. The fourth-order valence-electron chi connectivity index (χ4n) is 2.43. The van der Waals surface area contributed by atoms with Gasteiger partial charge in [0.25, 0.3) is 0 Å². The second-order valence-corrected chi connectivity index (χ2v) is 5.22. The zero-order valence-electron chi connectivity index (χ0n) is 13.2. The van der Waals surface area contributed by atoms with Crippen LogP contribution >= 0.6 is 0 Å². The van der Waals surface area contributed by atoms with Crippen molar-refractivity contribution in [3.8, 4) is 5.75 Å². The largest absolute Gasteiger partial charge is 0.496 e. The van der Waals surface area contributed by atoms with Gasteiger partial charge >= 0.3 is 0 Å². The molecule has 3 heteroatoms. The molecule has 0 amide bonds. The number of nitrogens with one attached hydrogen (secondary N) is 1. The van der Waals surface area contributed by atoms with E-state index in [1.165, 1.54) is 24.8 Å². The van der Waals surface area contributed by atoms with Crippen LogP contribution in [0.15, 0.2) is 24.3 Å². The predicted octanol–water partition coefficient (Wildman–Crippen LogP) is 3.28. The molecule has 0 fully saturated rings. The lowest BCUT2D eigenvalue weighted by atomic mass is 9.93. The Morgan fingerprint density at radius 2 is 2.00 bits per heavy atom. The van der Waals surface area contributed by atoms with Crippen molar-refractivity contribution in [1.82, 2.24) is 5.32 Å². The van der Waals surface area contributed by atoms with Crippen LogP contribution in [0.25, 0.3) is 0 Å². The Morgan fingerprint density at radius 1 is 1.20 bits per heavy atom. The van der Waals surface area contributed by atoms with Gasteiger partial charge in [-0.2, -0.15) is 0 Å². The second-order valence-electron chi connectivity index (χ2n) is 5.22. The summed E-state index contributed by atoms with van der Waals surface area (Å²) in [5.74, 6) is 1.66. The van der Waals surface area contributed by atoms with E-state index in [1.54, 1.807) is 14.2 Å². The monoisotopic (exact) mass is 279 g/mol. The molecule has 0 saturated carbocycles. The van der Waals surface area contributed by atoms with Crippen molar-refractivity contribution in [2.45, 2.75) is 32.6 Å². The van der Waals surface area contributed by atoms with E-state index >= 15 is 0 Å². The predicted molar refractivity (Wildman–Crippen MR) is 84.5 cm³/mol. The lowest BCUT2D eigenvalue weighted by Crippen LogP contribution is -2.27. The fourth-order valence-corrected chi connectivity index (χ4v) is 2.43. The fraction of sp³-hybridized carbons (Fsp3) is 0.647. The van der Waals surface area contributed by atoms with Crippen LogP contribution in [0.2, 0.25) is 0 Å². The van der Waals surface area contributed by atoms with E-state index in [9.17, 15) is 0 Å². The summed E-state index contributed by atoms with van der Waals surface area (Å²) >= 11 is 0. The van der Waals surface area contributed by atoms with Gasteiger partial charge in [-0.1, -0.05) is 38.0 Å². The van der Waals surface area contributed by atoms with Crippen LogP contribution < -0.4 is 10.1 Å². The first-order valence-corrected chi connectivity index (χ1v) is 7.63. The minimum atomic E-state index is 0.656. The number of rotatable bonds is 11. The normalized spacial score (nSPS) is 12.3. The standard InChI is InChI=1S/C17H29NO2/c1-4-5-8-15(14-18-11-12-19-2)13-16-9-6-7-10-17(16)20-3/h6-7,9-10,15,18H,4-5,8,11-14H2,1-3H3. The van der Waals surface area contributed by atoms with Crippen LogP contribution in [0.1, 0.15) is 31.7 Å². The van der Waals surface area contributed by atoms with Gasteiger partial charge < -0.3 is 14.8 Å². The van der Waals surface area contributed by atoms with E-state index in [1.807, 2.05) is 12.1 Å². The summed E-state index contributed by atoms with van der Waals surface area (Å²) in [7, 11) is 3.49. The molecule has 1 unspecified atom stereocenters. The van der Waals surface area contributed by atoms with Crippen molar-refractivity contribution in [2.24, 2.45) is 5.92 Å². The summed E-state index contributed by atoms with van der Waals surface area (Å²) in [4.78, 5) is 0. The molecule has 1 atom stereocenters. The molecular weight excluding hydrogens is 250 g/mol. The summed E-state index contributed by atoms with van der Waals surface area (Å²) in [6, 6.07) is 8.34. The highest BCUT2D eigenvalue weighted by Crippen LogP contribution is 2.23. The van der Waals surface area contributed by atoms with Crippen molar-refractivity contribution < 1.29 is 9.47 Å². The highest BCUT2D eigenvalue weighted by Gasteiger charge is 2.12. The van der Waals surface area contributed by atoms with E-state index in [4.69, 9.17) is 9.47 Å². The summed E-state index contributed by atoms with van der Waals surface area (Å²) in [5.41, 5.74) is 1.31. The smallest absolute Gasteiger partial charge is 0.122 e. The summed E-state index contributed by atoms with van der Waals surface area (Å²) in [6.45, 7) is 4.99. The number of ether oxygens (including phenoxy) is 2. The lowest BCUT2D eigenvalue weighted by molar-refractivity contribution is 0.197. The van der Waals surface area contributed by atoms with Crippen molar-refractivity contribution in [3.05, 3.63) is 29.8 Å². The summed E-state index contributed by atoms with van der Waals surface area (Å²) < 4.78 is 10.5. The maximum atomic E-state index is 5.45. The van der Waals surface area contributed by atoms with Crippen LogP contribution in [0.4, 0.5) is 0 Å². The number of para-hydroxylation sites is 1. The summed E-state index contributed by atoms with van der Waals surface area (Å²) in [5, 5.41) is 3.49. The molecule has 3 nitrogen and oxygen atoms in total. The minimum absolute atomic E-state index is 0.656. The Balaban J connectivity index is 2.53. The van der Waals surface area contributed by atoms with E-state index < -0.39 is 0 Å². The number of methoxy groups -OCH3 is 2. The molecule has 0 aliphatic carbocycles. The molecule has 0 aliphatic rings. The molecule has 0 bridgehead atoms. The highest BCUT2D eigenvalue weighted by molar-refractivity contribution is 5.33. The van der Waals surface area contributed by atoms with Crippen LogP contribution in [-0.4, -0.2) is 33.9 Å². The molecule has 1 aromatic carbocycles. The third kappa shape index (κ3) is 6.40. The molecule has 0 heterocycles. The van der Waals surface area contributed by atoms with E-state index in [-0.39, 0.29) is 0 Å². The van der Waals surface area contributed by atoms with Crippen molar-refractivity contribution >= 4 is 0 Å². The lowest BCUT2D eigenvalue weighted by Gasteiger charge is -2.19. The van der Waals surface area contributed by atoms with Gasteiger partial charge in [0.15, 0.2) is 0 Å². The second kappa shape index (κ2) is 10.7. The van der Waals surface area contributed by atoms with Crippen LogP contribution in [0.5, 0.6) is 5.75 Å². The maximum Gasteiger partial charge on any atom is 0.122 e. The average molecular weight is 279 g/mol. The van der Waals surface area contributed by atoms with Gasteiger partial charge in [-0.25, -0.2) is 0 Å². The van der Waals surface area contributed by atoms with Crippen molar-refractivity contribution in [2.75, 3.05) is 33.9 Å². The molecule has 0 radical (unpaired) electrons. The highest BCUT2D eigenvalue weighted by atomic mass is 16.5. The Hall–Kier alpha value is -1.06. The molecule has 0 spiro atoms. The first-order valence-electron chi connectivity index (χ1n) is 7.63. The van der Waals surface area contributed by atoms with E-state index in [0.29, 0.717) is 5.92 Å². The van der Waals surface area contributed by atoms with E-state index in [2.05, 4.69) is 24.4 Å². The molecule has 1 aromatic rings. The van der Waals surface area contributed by atoms with Crippen LogP contribution in [0, 0.1) is 5.92 Å². The number of benzene rings is 1. The van der Waals surface area contributed by atoms with Gasteiger partial charge in [0.2, 0.25) is 0 Å².